The fourth-order valence-corrected chi connectivity index (χ4v) is 1.82. The first-order valence-corrected chi connectivity index (χ1v) is 5.91. The number of aliphatic hydroxyl groups excluding tert-OH is 1. The van der Waals surface area contributed by atoms with Gasteiger partial charge in [0.15, 0.2) is 0 Å². The van der Waals surface area contributed by atoms with E-state index in [0.717, 1.165) is 12.1 Å². The van der Waals surface area contributed by atoms with Gasteiger partial charge in [0, 0.05) is 12.1 Å². The zero-order valence-corrected chi connectivity index (χ0v) is 10.9. The van der Waals surface area contributed by atoms with Crippen LogP contribution < -0.4 is 5.32 Å². The fourth-order valence-electron chi connectivity index (χ4n) is 1.82. The third-order valence-electron chi connectivity index (χ3n) is 2.62. The molecule has 0 aliphatic heterocycles. The van der Waals surface area contributed by atoms with Crippen LogP contribution in [0.25, 0.3) is 0 Å². The number of alkyl halides is 3. The van der Waals surface area contributed by atoms with Crippen LogP contribution in [0.3, 0.4) is 0 Å². The molecule has 1 rings (SSSR count). The molecule has 0 spiro atoms. The molecular weight excluding hydrogens is 277 g/mol. The summed E-state index contributed by atoms with van der Waals surface area (Å²) in [7, 11) is 0. The van der Waals surface area contributed by atoms with Crippen molar-refractivity contribution in [2.24, 2.45) is 0 Å². The minimum absolute atomic E-state index is 0.00356. The lowest BCUT2D eigenvalue weighted by Gasteiger charge is -2.17. The van der Waals surface area contributed by atoms with Gasteiger partial charge >= 0.3 is 6.18 Å². The summed E-state index contributed by atoms with van der Waals surface area (Å²) in [4.78, 5) is 9.99. The van der Waals surface area contributed by atoms with Gasteiger partial charge < -0.3 is 10.4 Å². The van der Waals surface area contributed by atoms with E-state index >= 15 is 0 Å². The first-order chi connectivity index (χ1) is 9.11. The molecule has 5 nitrogen and oxygen atoms in total. The Labute approximate surface area is 113 Å². The fraction of sp³-hybridized carbons (Fsp3) is 0.500. The lowest BCUT2D eigenvalue weighted by Crippen LogP contribution is -2.21. The van der Waals surface area contributed by atoms with Crippen molar-refractivity contribution in [3.8, 4) is 0 Å². The van der Waals surface area contributed by atoms with E-state index in [1.807, 2.05) is 0 Å². The molecule has 0 saturated heterocycles. The predicted octanol–water partition coefficient (Wildman–Crippen LogP) is 3.18. The third kappa shape index (κ3) is 4.37. The molecule has 0 radical (unpaired) electrons. The SMILES string of the molecule is CC(O)CC(C)Nc1ccc(C(F)(F)F)cc1[N+](=O)[O-]. The van der Waals surface area contributed by atoms with Crippen molar-refractivity contribution in [3.05, 3.63) is 33.9 Å². The highest BCUT2D eigenvalue weighted by atomic mass is 19.4. The van der Waals surface area contributed by atoms with Crippen LogP contribution in [-0.2, 0) is 6.18 Å². The molecule has 1 aromatic rings. The lowest BCUT2D eigenvalue weighted by atomic mass is 10.1. The van der Waals surface area contributed by atoms with Crippen molar-refractivity contribution in [2.45, 2.75) is 38.6 Å². The molecule has 1 aromatic carbocycles. The molecule has 2 atom stereocenters. The van der Waals surface area contributed by atoms with E-state index in [0.29, 0.717) is 12.5 Å². The topological polar surface area (TPSA) is 75.4 Å². The average Bonchev–Trinajstić information content (AvgIpc) is 2.26. The highest BCUT2D eigenvalue weighted by Gasteiger charge is 2.33. The summed E-state index contributed by atoms with van der Waals surface area (Å²) in [5.41, 5.74) is -1.72. The van der Waals surface area contributed by atoms with Crippen LogP contribution in [0.4, 0.5) is 24.5 Å². The van der Waals surface area contributed by atoms with E-state index in [1.54, 1.807) is 13.8 Å². The molecule has 20 heavy (non-hydrogen) atoms. The minimum Gasteiger partial charge on any atom is -0.393 e. The van der Waals surface area contributed by atoms with Gasteiger partial charge in [-0.3, -0.25) is 10.1 Å². The van der Waals surface area contributed by atoms with Gasteiger partial charge in [-0.15, -0.1) is 0 Å². The molecule has 0 heterocycles. The van der Waals surface area contributed by atoms with Crippen molar-refractivity contribution in [3.63, 3.8) is 0 Å². The molecule has 2 unspecified atom stereocenters. The molecule has 8 heteroatoms. The summed E-state index contributed by atoms with van der Waals surface area (Å²) in [5.74, 6) is 0. The predicted molar refractivity (Wildman–Crippen MR) is 67.5 cm³/mol. The van der Waals surface area contributed by atoms with Gasteiger partial charge in [-0.1, -0.05) is 0 Å². The largest absolute Gasteiger partial charge is 0.416 e. The highest BCUT2D eigenvalue weighted by Crippen LogP contribution is 2.35. The Bertz CT molecular complexity index is 489. The third-order valence-corrected chi connectivity index (χ3v) is 2.62. The number of hydrogen-bond donors (Lipinski definition) is 2. The second-order valence-corrected chi connectivity index (χ2v) is 4.62. The number of aliphatic hydroxyl groups is 1. The van der Waals surface area contributed by atoms with E-state index in [1.165, 1.54) is 0 Å². The van der Waals surface area contributed by atoms with Gasteiger partial charge in [0.05, 0.1) is 16.6 Å². The number of halogens is 3. The maximum absolute atomic E-state index is 12.5. The number of nitrogens with zero attached hydrogens (tertiary/aromatic N) is 1. The smallest absolute Gasteiger partial charge is 0.393 e. The number of hydrogen-bond acceptors (Lipinski definition) is 4. The molecule has 0 saturated carbocycles. The molecule has 0 aliphatic rings. The Morgan fingerprint density at radius 1 is 1.40 bits per heavy atom. The van der Waals surface area contributed by atoms with Crippen molar-refractivity contribution in [2.75, 3.05) is 5.32 Å². The molecule has 0 bridgehead atoms. The van der Waals surface area contributed by atoms with E-state index in [2.05, 4.69) is 5.32 Å². The maximum atomic E-state index is 12.5. The summed E-state index contributed by atoms with van der Waals surface area (Å²) in [6, 6.07) is 1.99. The second kappa shape index (κ2) is 6.08. The Morgan fingerprint density at radius 3 is 2.45 bits per heavy atom. The highest BCUT2D eigenvalue weighted by molar-refractivity contribution is 5.63. The van der Waals surface area contributed by atoms with Crippen LogP contribution in [0.5, 0.6) is 0 Å². The van der Waals surface area contributed by atoms with Gasteiger partial charge in [0.25, 0.3) is 5.69 Å². The number of nitro benzene ring substituents is 1. The van der Waals surface area contributed by atoms with Crippen molar-refractivity contribution < 1.29 is 23.2 Å². The van der Waals surface area contributed by atoms with E-state index in [9.17, 15) is 28.4 Å². The summed E-state index contributed by atoms with van der Waals surface area (Å²) in [5, 5.41) is 22.8. The van der Waals surface area contributed by atoms with Crippen LogP contribution in [0.1, 0.15) is 25.8 Å². The first-order valence-electron chi connectivity index (χ1n) is 5.91. The normalized spacial score (nSPS) is 14.7. The maximum Gasteiger partial charge on any atom is 0.416 e. The van der Waals surface area contributed by atoms with Crippen LogP contribution >= 0.6 is 0 Å². The van der Waals surface area contributed by atoms with Crippen molar-refractivity contribution >= 4 is 11.4 Å². The van der Waals surface area contributed by atoms with Gasteiger partial charge in [-0.25, -0.2) is 0 Å². The van der Waals surface area contributed by atoms with Gasteiger partial charge in [0.2, 0.25) is 0 Å². The molecule has 0 aliphatic carbocycles. The van der Waals surface area contributed by atoms with Gasteiger partial charge in [0.1, 0.15) is 5.69 Å². The molecular formula is C12H15F3N2O3. The van der Waals surface area contributed by atoms with Gasteiger partial charge in [-0.05, 0) is 32.4 Å². The summed E-state index contributed by atoms with van der Waals surface area (Å²) < 4.78 is 37.6. The number of nitrogens with one attached hydrogen (secondary N) is 1. The Balaban J connectivity index is 3.05. The van der Waals surface area contributed by atoms with Gasteiger partial charge in [-0.2, -0.15) is 13.2 Å². The second-order valence-electron chi connectivity index (χ2n) is 4.62. The number of rotatable bonds is 5. The Kier molecular flexibility index (Phi) is 4.93. The van der Waals surface area contributed by atoms with E-state index in [4.69, 9.17) is 0 Å². The van der Waals surface area contributed by atoms with Crippen molar-refractivity contribution in [1.82, 2.24) is 0 Å². The van der Waals surface area contributed by atoms with Crippen LogP contribution in [0.15, 0.2) is 18.2 Å². The van der Waals surface area contributed by atoms with Crippen LogP contribution in [0.2, 0.25) is 0 Å². The summed E-state index contributed by atoms with van der Waals surface area (Å²) >= 11 is 0. The quantitative estimate of drug-likeness (QED) is 0.645. The molecule has 0 fully saturated rings. The zero-order chi connectivity index (χ0) is 15.5. The van der Waals surface area contributed by atoms with E-state index in [-0.39, 0.29) is 11.7 Å². The standard InChI is InChI=1S/C12H15F3N2O3/c1-7(5-8(2)18)16-10-4-3-9(12(13,14)15)6-11(10)17(19)20/h3-4,6-8,16,18H,5H2,1-2H3. The van der Waals surface area contributed by atoms with E-state index < -0.39 is 28.5 Å². The zero-order valence-electron chi connectivity index (χ0n) is 10.9. The Hall–Kier alpha value is -1.83. The van der Waals surface area contributed by atoms with Crippen LogP contribution in [-0.4, -0.2) is 22.2 Å². The molecule has 0 aromatic heterocycles. The number of anilines is 1. The lowest BCUT2D eigenvalue weighted by molar-refractivity contribution is -0.384. The Morgan fingerprint density at radius 2 is 2.00 bits per heavy atom. The molecule has 0 amide bonds. The van der Waals surface area contributed by atoms with Crippen molar-refractivity contribution in [1.29, 1.82) is 0 Å². The number of nitro groups is 1. The molecule has 2 N–H and O–H groups in total. The first kappa shape index (κ1) is 16.2. The van der Waals surface area contributed by atoms with Crippen LogP contribution in [0, 0.1) is 10.1 Å². The summed E-state index contributed by atoms with van der Waals surface area (Å²) in [6.45, 7) is 3.23. The summed E-state index contributed by atoms with van der Waals surface area (Å²) in [6.07, 6.45) is -4.93. The minimum atomic E-state index is -4.63. The number of benzene rings is 1. The molecule has 112 valence electrons. The average molecular weight is 292 g/mol. The monoisotopic (exact) mass is 292 g/mol.